The van der Waals surface area contributed by atoms with Gasteiger partial charge in [-0.25, -0.2) is 0 Å². The van der Waals surface area contributed by atoms with Crippen LogP contribution in [0.1, 0.15) is 108 Å². The molecule has 0 saturated carbocycles. The summed E-state index contributed by atoms with van der Waals surface area (Å²) in [5, 5.41) is 0. The minimum atomic E-state index is 0.222. The fourth-order valence-corrected chi connectivity index (χ4v) is 6.05. The molecule has 3 aliphatic heterocycles. The highest BCUT2D eigenvalue weighted by Crippen LogP contribution is 2.35. The van der Waals surface area contributed by atoms with Crippen molar-refractivity contribution >= 4 is 18.1 Å². The van der Waals surface area contributed by atoms with Crippen molar-refractivity contribution in [3.8, 4) is 23.0 Å². The van der Waals surface area contributed by atoms with E-state index in [1.54, 1.807) is 32.4 Å². The minimum Gasteiger partial charge on any atom is -0.493 e. The van der Waals surface area contributed by atoms with Crippen LogP contribution in [0.5, 0.6) is 23.0 Å². The predicted octanol–water partition coefficient (Wildman–Crippen LogP) is 9.03. The molecule has 2 aromatic carbocycles. The van der Waals surface area contributed by atoms with Gasteiger partial charge in [-0.15, -0.1) is 0 Å². The first kappa shape index (κ1) is 37.0. The van der Waals surface area contributed by atoms with E-state index in [0.29, 0.717) is 41.3 Å². The molecule has 0 N–H and O–H groups in total. The molecule has 3 fully saturated rings. The van der Waals surface area contributed by atoms with Crippen molar-refractivity contribution in [1.82, 2.24) is 4.90 Å². The maximum absolute atomic E-state index is 12.5. The van der Waals surface area contributed by atoms with Gasteiger partial charge in [0.25, 0.3) is 0 Å². The number of ether oxygens (including phenoxy) is 4. The van der Waals surface area contributed by atoms with Gasteiger partial charge in [0.2, 0.25) is 0 Å². The zero-order chi connectivity index (χ0) is 33.3. The second-order valence-corrected chi connectivity index (χ2v) is 12.5. The highest BCUT2D eigenvalue weighted by atomic mass is 16.5. The number of hydrogen-bond donors (Lipinski definition) is 0. The smallest absolute Gasteiger partial charge is 0.182 e. The van der Waals surface area contributed by atoms with Crippen LogP contribution in [0.25, 0.3) is 6.08 Å². The summed E-state index contributed by atoms with van der Waals surface area (Å²) in [6.45, 7) is 12.3. The quantitative estimate of drug-likeness (QED) is 0.120. The molecule has 0 radical (unpaired) electrons. The van der Waals surface area contributed by atoms with Gasteiger partial charge in [0.15, 0.2) is 28.8 Å². The first-order valence-electron chi connectivity index (χ1n) is 17.5. The van der Waals surface area contributed by atoms with Crippen LogP contribution >= 0.6 is 0 Å². The van der Waals surface area contributed by atoms with Gasteiger partial charge in [0.1, 0.15) is 6.29 Å². The Balaban J connectivity index is 0.000000268. The van der Waals surface area contributed by atoms with E-state index in [1.807, 2.05) is 24.3 Å². The van der Waals surface area contributed by atoms with E-state index in [4.69, 9.17) is 18.9 Å². The van der Waals surface area contributed by atoms with Gasteiger partial charge in [-0.3, -0.25) is 9.59 Å². The fraction of sp³-hybridized carbons (Fsp3) is 0.590. The van der Waals surface area contributed by atoms with E-state index in [2.05, 4.69) is 32.6 Å². The second kappa shape index (κ2) is 19.9. The molecule has 2 atom stereocenters. The second-order valence-electron chi connectivity index (χ2n) is 12.5. The van der Waals surface area contributed by atoms with E-state index in [0.717, 1.165) is 74.4 Å². The number of piperidine rings is 3. The summed E-state index contributed by atoms with van der Waals surface area (Å²) >= 11 is 0. The maximum Gasteiger partial charge on any atom is 0.182 e. The molecular formula is C39H57NO6. The molecule has 46 heavy (non-hydrogen) atoms. The van der Waals surface area contributed by atoms with Crippen LogP contribution in [0, 0.1) is 17.8 Å². The van der Waals surface area contributed by atoms with E-state index < -0.39 is 0 Å². The standard InChI is InChI=1S/C23H33NO3.C16H24O3/c1-4-6-7-17(5-2)16-27-21-9-8-18(15-22(21)26-3)14-20-23(25)19-10-12-24(20)13-11-19;1-4-6-7-13(5-2)12-19-15-9-8-14(11-17)10-16(15)18-3/h8-9,14-15,17,19H,4-7,10-13,16H2,1-3H3;8-11,13H,4-7,12H2,1-3H3/b20-14-;. The summed E-state index contributed by atoms with van der Waals surface area (Å²) in [6.07, 6.45) is 14.4. The molecule has 0 amide bonds. The van der Waals surface area contributed by atoms with Gasteiger partial charge in [-0.05, 0) is 79.5 Å². The Bertz CT molecular complexity index is 1250. The van der Waals surface area contributed by atoms with Gasteiger partial charge < -0.3 is 23.8 Å². The number of aldehydes is 1. The lowest BCUT2D eigenvalue weighted by Crippen LogP contribution is -2.45. The Hall–Kier alpha value is -3.48. The number of nitrogens with zero attached hydrogens (tertiary/aromatic N) is 1. The predicted molar refractivity (Wildman–Crippen MR) is 186 cm³/mol. The number of methoxy groups -OCH3 is 2. The van der Waals surface area contributed by atoms with Crippen LogP contribution in [0.2, 0.25) is 0 Å². The van der Waals surface area contributed by atoms with Gasteiger partial charge in [-0.2, -0.15) is 0 Å². The molecule has 254 valence electrons. The number of fused-ring (bicyclic) bond motifs is 3. The number of rotatable bonds is 18. The van der Waals surface area contributed by atoms with Gasteiger partial charge in [-0.1, -0.05) is 72.3 Å². The molecule has 0 spiro atoms. The summed E-state index contributed by atoms with van der Waals surface area (Å²) in [6, 6.07) is 11.2. The number of allylic oxidation sites excluding steroid dienone is 1. The normalized spacial score (nSPS) is 16.4. The fourth-order valence-electron chi connectivity index (χ4n) is 6.05. The molecule has 7 nitrogen and oxygen atoms in total. The first-order valence-corrected chi connectivity index (χ1v) is 17.5. The molecular weight excluding hydrogens is 578 g/mol. The van der Waals surface area contributed by atoms with Crippen LogP contribution in [0.3, 0.4) is 0 Å². The lowest BCUT2D eigenvalue weighted by Gasteiger charge is -2.41. The SMILES string of the molecule is CCCCC(CC)COc1ccc(/C=C2/C(=O)C3CCN2CC3)cc1OC.CCCCC(CC)COc1ccc(C=O)cc1OC. The third kappa shape index (κ3) is 10.8. The van der Waals surface area contributed by atoms with E-state index in [9.17, 15) is 9.59 Å². The molecule has 7 heteroatoms. The summed E-state index contributed by atoms with van der Waals surface area (Å²) < 4.78 is 22.7. The third-order valence-electron chi connectivity index (χ3n) is 9.31. The molecule has 3 saturated heterocycles. The Labute approximate surface area is 277 Å². The van der Waals surface area contributed by atoms with Crippen molar-refractivity contribution in [2.24, 2.45) is 17.8 Å². The highest BCUT2D eigenvalue weighted by molar-refractivity contribution is 6.02. The topological polar surface area (TPSA) is 74.3 Å². The van der Waals surface area contributed by atoms with Crippen molar-refractivity contribution in [2.75, 3.05) is 40.5 Å². The average molecular weight is 636 g/mol. The molecule has 3 aliphatic rings. The molecule has 2 unspecified atom stereocenters. The number of Topliss-reactive ketones (excluding diaryl/α,β-unsaturated/α-hetero) is 1. The van der Waals surface area contributed by atoms with Crippen LogP contribution in [0.15, 0.2) is 42.1 Å². The van der Waals surface area contributed by atoms with Gasteiger partial charge in [0, 0.05) is 24.6 Å². The lowest BCUT2D eigenvalue weighted by atomic mass is 9.84. The number of carbonyl (C=O) groups is 2. The molecule has 2 aromatic rings. The number of hydrogen-bond acceptors (Lipinski definition) is 7. The van der Waals surface area contributed by atoms with Crippen LogP contribution in [-0.2, 0) is 4.79 Å². The van der Waals surface area contributed by atoms with E-state index >= 15 is 0 Å². The third-order valence-corrected chi connectivity index (χ3v) is 9.31. The van der Waals surface area contributed by atoms with Crippen molar-refractivity contribution < 1.29 is 28.5 Å². The molecule has 0 aliphatic carbocycles. The zero-order valence-corrected chi connectivity index (χ0v) is 29.1. The summed E-state index contributed by atoms with van der Waals surface area (Å²) in [5.41, 5.74) is 2.45. The Kier molecular flexibility index (Phi) is 16.0. The largest absolute Gasteiger partial charge is 0.493 e. The highest BCUT2D eigenvalue weighted by Gasteiger charge is 2.36. The van der Waals surface area contributed by atoms with Crippen LogP contribution < -0.4 is 18.9 Å². The Morgan fingerprint density at radius 1 is 0.761 bits per heavy atom. The number of benzene rings is 2. The van der Waals surface area contributed by atoms with E-state index in [-0.39, 0.29) is 5.92 Å². The van der Waals surface area contributed by atoms with Gasteiger partial charge >= 0.3 is 0 Å². The number of unbranched alkanes of at least 4 members (excludes halogenated alkanes) is 2. The van der Waals surface area contributed by atoms with Crippen molar-refractivity contribution in [3.63, 3.8) is 0 Å². The summed E-state index contributed by atoms with van der Waals surface area (Å²) in [5.74, 6) is 4.53. The molecule has 3 heterocycles. The first-order chi connectivity index (χ1) is 22.4. The summed E-state index contributed by atoms with van der Waals surface area (Å²) in [4.78, 5) is 25.5. The molecule has 0 aromatic heterocycles. The minimum absolute atomic E-state index is 0.222. The maximum atomic E-state index is 12.5. The number of carbonyl (C=O) groups excluding carboxylic acids is 2. The average Bonchev–Trinajstić information content (AvgIpc) is 3.10. The molecule has 2 bridgehead atoms. The van der Waals surface area contributed by atoms with Crippen molar-refractivity contribution in [2.45, 2.75) is 91.9 Å². The van der Waals surface area contributed by atoms with Gasteiger partial charge in [0.05, 0.1) is 33.1 Å². The number of ketones is 1. The summed E-state index contributed by atoms with van der Waals surface area (Å²) in [7, 11) is 3.26. The Morgan fingerprint density at radius 2 is 1.26 bits per heavy atom. The Morgan fingerprint density at radius 3 is 1.70 bits per heavy atom. The van der Waals surface area contributed by atoms with Crippen molar-refractivity contribution in [3.05, 3.63) is 53.2 Å². The molecule has 5 rings (SSSR count). The monoisotopic (exact) mass is 635 g/mol. The zero-order valence-electron chi connectivity index (χ0n) is 29.1. The van der Waals surface area contributed by atoms with Crippen LogP contribution in [-0.4, -0.2) is 57.5 Å². The van der Waals surface area contributed by atoms with E-state index in [1.165, 1.54) is 38.5 Å². The van der Waals surface area contributed by atoms with Crippen molar-refractivity contribution in [1.29, 1.82) is 0 Å². The lowest BCUT2D eigenvalue weighted by molar-refractivity contribution is -0.125. The van der Waals surface area contributed by atoms with Crippen LogP contribution in [0.4, 0.5) is 0 Å².